The fraction of sp³-hybridized carbons (Fsp3) is 0.677. The molecule has 0 aliphatic heterocycles. The van der Waals surface area contributed by atoms with Gasteiger partial charge in [0.1, 0.15) is 18.2 Å². The first-order valence-electron chi connectivity index (χ1n) is 14.3. The average Bonchev–Trinajstić information content (AvgIpc) is 2.89. The first-order chi connectivity index (χ1) is 18.6. The number of rotatable bonds is 16. The van der Waals surface area contributed by atoms with Gasteiger partial charge in [-0.3, -0.25) is 19.2 Å². The minimum atomic E-state index is -1.03. The number of ether oxygens (including phenoxy) is 4. The Bertz CT molecular complexity index is 1020. The Labute approximate surface area is 239 Å². The molecule has 0 spiro atoms. The monoisotopic (exact) mass is 563 g/mol. The van der Waals surface area contributed by atoms with E-state index in [-0.39, 0.29) is 23.9 Å². The molecule has 0 heterocycles. The number of carbonyl (C=O) groups is 4. The summed E-state index contributed by atoms with van der Waals surface area (Å²) in [6.45, 7) is 16.2. The molecule has 0 aliphatic rings. The van der Waals surface area contributed by atoms with E-state index in [0.29, 0.717) is 24.8 Å². The van der Waals surface area contributed by atoms with E-state index in [1.807, 2.05) is 13.8 Å². The summed E-state index contributed by atoms with van der Waals surface area (Å²) in [6.07, 6.45) is 2.89. The molecular formula is C31H49NO8. The Morgan fingerprint density at radius 3 is 1.85 bits per heavy atom. The maximum absolute atomic E-state index is 12.8. The van der Waals surface area contributed by atoms with Crippen molar-refractivity contribution in [2.24, 2.45) is 16.6 Å². The summed E-state index contributed by atoms with van der Waals surface area (Å²) in [5.74, 6) is -1.74. The highest BCUT2D eigenvalue weighted by Crippen LogP contribution is 2.34. The summed E-state index contributed by atoms with van der Waals surface area (Å²) in [6, 6.07) is 3.70. The second kappa shape index (κ2) is 15.7. The third-order valence-corrected chi connectivity index (χ3v) is 7.31. The molecule has 9 nitrogen and oxygen atoms in total. The summed E-state index contributed by atoms with van der Waals surface area (Å²) in [5.41, 5.74) is 5.24. The third-order valence-electron chi connectivity index (χ3n) is 7.31. The molecule has 226 valence electrons. The molecule has 1 aromatic carbocycles. The molecule has 9 heteroatoms. The molecule has 2 N–H and O–H groups in total. The number of hydrogen-bond donors (Lipinski definition) is 1. The van der Waals surface area contributed by atoms with E-state index >= 15 is 0 Å². The zero-order valence-electron chi connectivity index (χ0n) is 25.8. The number of nitrogens with two attached hydrogens (primary N) is 1. The summed E-state index contributed by atoms with van der Waals surface area (Å²) in [7, 11) is 0. The molecule has 0 saturated heterocycles. The lowest BCUT2D eigenvalue weighted by Crippen LogP contribution is -2.39. The molecule has 1 aromatic rings. The minimum Gasteiger partial charge on any atom is -0.459 e. The SMILES string of the molecule is CCCCCC(=O)O[C@@H](C)[C@H](C)OC(=O)[C@@H](N)Cc1ccc(OC(=O)C(C)(C)CC)c(OC(=O)C(C)(C)CC)c1. The first-order valence-corrected chi connectivity index (χ1v) is 14.3. The molecule has 0 amide bonds. The maximum atomic E-state index is 12.8. The van der Waals surface area contributed by atoms with E-state index < -0.39 is 47.0 Å². The molecule has 0 aliphatic carbocycles. The van der Waals surface area contributed by atoms with Crippen LogP contribution in [0.15, 0.2) is 18.2 Å². The molecule has 0 fully saturated rings. The van der Waals surface area contributed by atoms with Crippen LogP contribution in [0.4, 0.5) is 0 Å². The zero-order valence-corrected chi connectivity index (χ0v) is 25.8. The normalized spacial score (nSPS) is 14.1. The van der Waals surface area contributed by atoms with Gasteiger partial charge >= 0.3 is 23.9 Å². The van der Waals surface area contributed by atoms with Gasteiger partial charge in [-0.2, -0.15) is 0 Å². The van der Waals surface area contributed by atoms with E-state index in [0.717, 1.165) is 19.3 Å². The van der Waals surface area contributed by atoms with Gasteiger partial charge in [0.2, 0.25) is 0 Å². The zero-order chi connectivity index (χ0) is 30.7. The molecule has 1 rings (SSSR count). The summed E-state index contributed by atoms with van der Waals surface area (Å²) < 4.78 is 22.1. The van der Waals surface area contributed by atoms with Crippen molar-refractivity contribution >= 4 is 23.9 Å². The fourth-order valence-electron chi connectivity index (χ4n) is 3.19. The molecule has 0 unspecified atom stereocenters. The van der Waals surface area contributed by atoms with Crippen LogP contribution in [0, 0.1) is 10.8 Å². The van der Waals surface area contributed by atoms with E-state index in [1.54, 1.807) is 53.7 Å². The second-order valence-corrected chi connectivity index (χ2v) is 11.6. The van der Waals surface area contributed by atoms with Gasteiger partial charge in [0.15, 0.2) is 11.5 Å². The van der Waals surface area contributed by atoms with Crippen LogP contribution in [0.5, 0.6) is 11.5 Å². The smallest absolute Gasteiger partial charge is 0.323 e. The highest BCUT2D eigenvalue weighted by atomic mass is 16.6. The van der Waals surface area contributed by atoms with Crippen LogP contribution in [0.1, 0.15) is 106 Å². The number of carbonyl (C=O) groups excluding carboxylic acids is 4. The van der Waals surface area contributed by atoms with Crippen LogP contribution in [-0.4, -0.2) is 42.1 Å². The maximum Gasteiger partial charge on any atom is 0.323 e. The van der Waals surface area contributed by atoms with Crippen molar-refractivity contribution in [1.82, 2.24) is 0 Å². The van der Waals surface area contributed by atoms with Gasteiger partial charge in [0.05, 0.1) is 10.8 Å². The van der Waals surface area contributed by atoms with Gasteiger partial charge in [0, 0.05) is 6.42 Å². The predicted octanol–water partition coefficient (Wildman–Crippen LogP) is 5.68. The number of unbranched alkanes of at least 4 members (excludes halogenated alkanes) is 2. The van der Waals surface area contributed by atoms with Crippen molar-refractivity contribution in [1.29, 1.82) is 0 Å². The van der Waals surface area contributed by atoms with Crippen LogP contribution in [0.2, 0.25) is 0 Å². The Hall–Kier alpha value is -2.94. The quantitative estimate of drug-likeness (QED) is 0.153. The van der Waals surface area contributed by atoms with Gasteiger partial charge in [0.25, 0.3) is 0 Å². The van der Waals surface area contributed by atoms with E-state index in [2.05, 4.69) is 6.92 Å². The van der Waals surface area contributed by atoms with Gasteiger partial charge in [-0.05, 0) is 84.9 Å². The van der Waals surface area contributed by atoms with E-state index in [1.165, 1.54) is 6.07 Å². The number of esters is 4. The van der Waals surface area contributed by atoms with Crippen LogP contribution < -0.4 is 15.2 Å². The number of hydrogen-bond acceptors (Lipinski definition) is 9. The Morgan fingerprint density at radius 1 is 0.800 bits per heavy atom. The largest absolute Gasteiger partial charge is 0.459 e. The lowest BCUT2D eigenvalue weighted by molar-refractivity contribution is -0.166. The molecule has 0 saturated carbocycles. The van der Waals surface area contributed by atoms with Crippen LogP contribution in [0.3, 0.4) is 0 Å². The second-order valence-electron chi connectivity index (χ2n) is 11.6. The van der Waals surface area contributed by atoms with E-state index in [9.17, 15) is 19.2 Å². The first kappa shape index (κ1) is 35.1. The Morgan fingerprint density at radius 2 is 1.32 bits per heavy atom. The van der Waals surface area contributed by atoms with Crippen LogP contribution in [-0.2, 0) is 35.1 Å². The van der Waals surface area contributed by atoms with Gasteiger partial charge in [-0.25, -0.2) is 0 Å². The highest BCUT2D eigenvalue weighted by molar-refractivity contribution is 5.81. The molecule has 0 bridgehead atoms. The van der Waals surface area contributed by atoms with Crippen molar-refractivity contribution in [2.75, 3.05) is 0 Å². The van der Waals surface area contributed by atoms with Crippen molar-refractivity contribution in [3.63, 3.8) is 0 Å². The average molecular weight is 564 g/mol. The molecule has 40 heavy (non-hydrogen) atoms. The lowest BCUT2D eigenvalue weighted by Gasteiger charge is -2.24. The van der Waals surface area contributed by atoms with Gasteiger partial charge < -0.3 is 24.7 Å². The minimum absolute atomic E-state index is 0.0711. The Kier molecular flexibility index (Phi) is 13.8. The molecule has 0 radical (unpaired) electrons. The standard InChI is InChI=1S/C31H49NO8/c1-10-13-14-15-26(33)37-20(4)21(5)38-27(34)23(32)18-22-16-17-24(39-28(35)30(6,7)11-2)25(19-22)40-29(36)31(8,9)12-3/h16-17,19-21,23H,10-15,18,32H2,1-9H3/t20-,21-,23-/m0/s1. The van der Waals surface area contributed by atoms with Gasteiger partial charge in [-0.15, -0.1) is 0 Å². The molecule has 3 atom stereocenters. The van der Waals surface area contributed by atoms with Crippen LogP contribution in [0.25, 0.3) is 0 Å². The highest BCUT2D eigenvalue weighted by Gasteiger charge is 2.32. The summed E-state index contributed by atoms with van der Waals surface area (Å²) in [4.78, 5) is 50.3. The summed E-state index contributed by atoms with van der Waals surface area (Å²) in [5, 5.41) is 0. The lowest BCUT2D eigenvalue weighted by atomic mass is 9.90. The molecular weight excluding hydrogens is 514 g/mol. The molecule has 0 aromatic heterocycles. The summed E-state index contributed by atoms with van der Waals surface area (Å²) >= 11 is 0. The predicted molar refractivity (Wildman–Crippen MR) is 153 cm³/mol. The Balaban J connectivity index is 3.00. The van der Waals surface area contributed by atoms with E-state index in [4.69, 9.17) is 24.7 Å². The third kappa shape index (κ3) is 10.9. The van der Waals surface area contributed by atoms with Crippen molar-refractivity contribution in [2.45, 2.75) is 126 Å². The number of benzene rings is 1. The van der Waals surface area contributed by atoms with Gasteiger partial charge in [-0.1, -0.05) is 39.7 Å². The van der Waals surface area contributed by atoms with Crippen molar-refractivity contribution in [3.8, 4) is 11.5 Å². The topological polar surface area (TPSA) is 131 Å². The van der Waals surface area contributed by atoms with Crippen molar-refractivity contribution < 1.29 is 38.1 Å². The van der Waals surface area contributed by atoms with Crippen LogP contribution >= 0.6 is 0 Å². The fourth-order valence-corrected chi connectivity index (χ4v) is 3.19. The van der Waals surface area contributed by atoms with Crippen molar-refractivity contribution in [3.05, 3.63) is 23.8 Å².